The molecule has 7 heteroatoms. The molecule has 0 bridgehead atoms. The first-order chi connectivity index (χ1) is 9.97. The summed E-state index contributed by atoms with van der Waals surface area (Å²) in [5.41, 5.74) is 5.35. The summed E-state index contributed by atoms with van der Waals surface area (Å²) in [6.45, 7) is 3.94. The highest BCUT2D eigenvalue weighted by Gasteiger charge is 2.27. The lowest BCUT2D eigenvalue weighted by molar-refractivity contribution is 0.212. The summed E-state index contributed by atoms with van der Waals surface area (Å²) in [5, 5.41) is 11.3. The molecule has 1 aromatic carbocycles. The van der Waals surface area contributed by atoms with Crippen molar-refractivity contribution in [2.45, 2.75) is 19.4 Å². The van der Waals surface area contributed by atoms with Crippen LogP contribution in [0.5, 0.6) is 0 Å². The maximum absolute atomic E-state index is 14.2. The van der Waals surface area contributed by atoms with Gasteiger partial charge in [-0.1, -0.05) is 12.1 Å². The van der Waals surface area contributed by atoms with E-state index in [1.807, 2.05) is 7.05 Å². The number of rotatable bonds is 3. The molecule has 0 radical (unpaired) electrons. The molecule has 1 unspecified atom stereocenters. The van der Waals surface area contributed by atoms with E-state index in [-0.39, 0.29) is 23.1 Å². The summed E-state index contributed by atoms with van der Waals surface area (Å²) in [6.07, 6.45) is 0.915. The van der Waals surface area contributed by atoms with Crippen LogP contribution in [0.4, 0.5) is 14.5 Å². The highest BCUT2D eigenvalue weighted by molar-refractivity contribution is 5.97. The molecule has 0 saturated carbocycles. The third-order valence-electron chi connectivity index (χ3n) is 3.98. The van der Waals surface area contributed by atoms with Gasteiger partial charge in [0.05, 0.1) is 0 Å². The summed E-state index contributed by atoms with van der Waals surface area (Å²) in [6, 6.07) is 2.45. The van der Waals surface area contributed by atoms with Crippen LogP contribution in [0, 0.1) is 11.6 Å². The predicted octanol–water partition coefficient (Wildman–Crippen LogP) is 1.59. The first kappa shape index (κ1) is 15.5. The fraction of sp³-hybridized carbons (Fsp3) is 0.500. The van der Waals surface area contributed by atoms with Gasteiger partial charge in [-0.05, 0) is 25.6 Å². The maximum Gasteiger partial charge on any atom is 0.170 e. The van der Waals surface area contributed by atoms with Crippen LogP contribution in [-0.4, -0.2) is 48.7 Å². The predicted molar refractivity (Wildman–Crippen MR) is 77.8 cm³/mol. The molecular weight excluding hydrogens is 278 g/mol. The van der Waals surface area contributed by atoms with Crippen molar-refractivity contribution < 1.29 is 14.0 Å². The van der Waals surface area contributed by atoms with Crippen molar-refractivity contribution >= 4 is 11.5 Å². The van der Waals surface area contributed by atoms with Crippen molar-refractivity contribution in [1.82, 2.24) is 4.90 Å². The Bertz CT molecular complexity index is 527. The molecular formula is C14H20F2N4O. The number of hydrogen-bond donors (Lipinski definition) is 2. The largest absolute Gasteiger partial charge is 0.409 e. The molecule has 3 N–H and O–H groups in total. The Morgan fingerprint density at radius 1 is 1.38 bits per heavy atom. The van der Waals surface area contributed by atoms with Gasteiger partial charge in [0.15, 0.2) is 5.84 Å². The third-order valence-corrected chi connectivity index (χ3v) is 3.98. The van der Waals surface area contributed by atoms with E-state index in [1.54, 1.807) is 4.90 Å². The molecule has 21 heavy (non-hydrogen) atoms. The molecule has 1 atom stereocenters. The first-order valence-corrected chi connectivity index (χ1v) is 6.90. The van der Waals surface area contributed by atoms with Crippen LogP contribution in [0.3, 0.4) is 0 Å². The minimum atomic E-state index is -0.698. The standard InChI is InChI=1S/C14H20F2N4O/c1-3-10-8-20(5-4-19(10)2)13-11(15)6-9(7-12(13)16)14(17)18-21/h6-7,10,21H,3-5,8H2,1-2H3,(H2,17,18). The molecule has 1 aliphatic heterocycles. The van der Waals surface area contributed by atoms with Crippen LogP contribution >= 0.6 is 0 Å². The monoisotopic (exact) mass is 298 g/mol. The SMILES string of the molecule is CCC1CN(c2c(F)cc(C(N)=NO)cc2F)CCN1C. The minimum absolute atomic E-state index is 0.0254. The molecule has 0 aliphatic carbocycles. The molecule has 1 aromatic rings. The quantitative estimate of drug-likeness (QED) is 0.385. The van der Waals surface area contributed by atoms with Gasteiger partial charge in [-0.3, -0.25) is 4.90 Å². The zero-order valence-electron chi connectivity index (χ0n) is 12.2. The van der Waals surface area contributed by atoms with E-state index < -0.39 is 11.6 Å². The van der Waals surface area contributed by atoms with E-state index in [2.05, 4.69) is 17.0 Å². The van der Waals surface area contributed by atoms with Crippen molar-refractivity contribution in [3.8, 4) is 0 Å². The van der Waals surface area contributed by atoms with E-state index in [0.29, 0.717) is 13.1 Å². The van der Waals surface area contributed by atoms with Gasteiger partial charge in [0.2, 0.25) is 0 Å². The highest BCUT2D eigenvalue weighted by atomic mass is 19.1. The van der Waals surface area contributed by atoms with Crippen molar-refractivity contribution in [3.05, 3.63) is 29.3 Å². The normalized spacial score (nSPS) is 20.9. The van der Waals surface area contributed by atoms with Crippen LogP contribution in [0.25, 0.3) is 0 Å². The van der Waals surface area contributed by atoms with Crippen LogP contribution in [0.2, 0.25) is 0 Å². The van der Waals surface area contributed by atoms with Crippen LogP contribution in [0.1, 0.15) is 18.9 Å². The molecule has 2 rings (SSSR count). The number of nitrogens with two attached hydrogens (primary N) is 1. The Labute approximate surface area is 122 Å². The molecule has 5 nitrogen and oxygen atoms in total. The molecule has 0 spiro atoms. The van der Waals surface area contributed by atoms with E-state index >= 15 is 0 Å². The number of oxime groups is 1. The number of amidine groups is 1. The molecule has 1 fully saturated rings. The van der Waals surface area contributed by atoms with Gasteiger partial charge in [0.1, 0.15) is 17.3 Å². The molecule has 1 aliphatic rings. The Balaban J connectivity index is 2.32. The summed E-state index contributed by atoms with van der Waals surface area (Å²) in [4.78, 5) is 3.91. The van der Waals surface area contributed by atoms with Gasteiger partial charge in [-0.2, -0.15) is 0 Å². The van der Waals surface area contributed by atoms with Crippen molar-refractivity contribution in [3.63, 3.8) is 0 Å². The molecule has 0 amide bonds. The van der Waals surface area contributed by atoms with Gasteiger partial charge in [0.25, 0.3) is 0 Å². The number of likely N-dealkylation sites (N-methyl/N-ethyl adjacent to an activating group) is 1. The summed E-state index contributed by atoms with van der Waals surface area (Å²) >= 11 is 0. The number of anilines is 1. The average molecular weight is 298 g/mol. The lowest BCUT2D eigenvalue weighted by Crippen LogP contribution is -2.51. The van der Waals surface area contributed by atoms with E-state index in [4.69, 9.17) is 10.9 Å². The van der Waals surface area contributed by atoms with Gasteiger partial charge >= 0.3 is 0 Å². The maximum atomic E-state index is 14.2. The second-order valence-corrected chi connectivity index (χ2v) is 5.26. The molecule has 1 saturated heterocycles. The van der Waals surface area contributed by atoms with Gasteiger partial charge < -0.3 is 15.8 Å². The average Bonchev–Trinajstić information content (AvgIpc) is 2.47. The fourth-order valence-electron chi connectivity index (χ4n) is 2.66. The van der Waals surface area contributed by atoms with Gasteiger partial charge in [-0.25, -0.2) is 8.78 Å². The number of benzene rings is 1. The summed E-state index contributed by atoms with van der Waals surface area (Å²) in [7, 11) is 2.01. The second-order valence-electron chi connectivity index (χ2n) is 5.26. The van der Waals surface area contributed by atoms with E-state index in [9.17, 15) is 8.78 Å². The number of nitrogens with zero attached hydrogens (tertiary/aromatic N) is 3. The van der Waals surface area contributed by atoms with Crippen LogP contribution < -0.4 is 10.6 Å². The third kappa shape index (κ3) is 3.07. The van der Waals surface area contributed by atoms with E-state index in [1.165, 1.54) is 0 Å². The van der Waals surface area contributed by atoms with Crippen molar-refractivity contribution in [2.24, 2.45) is 10.9 Å². The smallest absolute Gasteiger partial charge is 0.170 e. The summed E-state index contributed by atoms with van der Waals surface area (Å²) < 4.78 is 28.5. The molecule has 1 heterocycles. The molecule has 0 aromatic heterocycles. The molecule has 116 valence electrons. The van der Waals surface area contributed by atoms with Gasteiger partial charge in [0, 0.05) is 31.2 Å². The number of piperazine rings is 1. The van der Waals surface area contributed by atoms with Gasteiger partial charge in [-0.15, -0.1) is 0 Å². The summed E-state index contributed by atoms with van der Waals surface area (Å²) in [5.74, 6) is -1.71. The Hall–Kier alpha value is -1.89. The van der Waals surface area contributed by atoms with E-state index in [0.717, 1.165) is 25.1 Å². The Morgan fingerprint density at radius 2 is 2.00 bits per heavy atom. The van der Waals surface area contributed by atoms with Crippen molar-refractivity contribution in [1.29, 1.82) is 0 Å². The fourth-order valence-corrected chi connectivity index (χ4v) is 2.66. The zero-order valence-corrected chi connectivity index (χ0v) is 12.2. The number of halogens is 2. The van der Waals surface area contributed by atoms with Crippen LogP contribution in [0.15, 0.2) is 17.3 Å². The second kappa shape index (κ2) is 6.26. The highest BCUT2D eigenvalue weighted by Crippen LogP contribution is 2.27. The lowest BCUT2D eigenvalue weighted by Gasteiger charge is -2.40. The first-order valence-electron chi connectivity index (χ1n) is 6.90. The lowest BCUT2D eigenvalue weighted by atomic mass is 10.1. The Kier molecular flexibility index (Phi) is 4.62. The zero-order chi connectivity index (χ0) is 15.6. The Morgan fingerprint density at radius 3 is 2.52 bits per heavy atom. The minimum Gasteiger partial charge on any atom is -0.409 e. The number of hydrogen-bond acceptors (Lipinski definition) is 4. The van der Waals surface area contributed by atoms with Crippen molar-refractivity contribution in [2.75, 3.05) is 31.6 Å². The van der Waals surface area contributed by atoms with Crippen LogP contribution in [-0.2, 0) is 0 Å². The topological polar surface area (TPSA) is 65.1 Å².